The summed E-state index contributed by atoms with van der Waals surface area (Å²) in [7, 11) is 0. The van der Waals surface area contributed by atoms with Crippen molar-refractivity contribution in [2.24, 2.45) is 5.92 Å². The average molecular weight is 295 g/mol. The summed E-state index contributed by atoms with van der Waals surface area (Å²) in [5.74, 6) is -0.112. The summed E-state index contributed by atoms with van der Waals surface area (Å²) in [5.41, 5.74) is 0.342. The topological polar surface area (TPSA) is 58.4 Å². The molecule has 1 N–H and O–H groups in total. The third-order valence-corrected chi connectivity index (χ3v) is 3.92. The lowest BCUT2D eigenvalue weighted by Gasteiger charge is -2.34. The molecule has 0 spiro atoms. The van der Waals surface area contributed by atoms with Crippen LogP contribution in [0.4, 0.5) is 15.8 Å². The maximum atomic E-state index is 13.3. The maximum Gasteiger partial charge on any atom is 0.295 e. The van der Waals surface area contributed by atoms with Crippen molar-refractivity contribution in [3.8, 4) is 0 Å². The Morgan fingerprint density at radius 3 is 2.86 bits per heavy atom. The molecule has 1 fully saturated rings. The van der Waals surface area contributed by atoms with E-state index < -0.39 is 10.7 Å². The van der Waals surface area contributed by atoms with Crippen molar-refractivity contribution in [1.29, 1.82) is 0 Å². The Morgan fingerprint density at radius 1 is 1.52 bits per heavy atom. The van der Waals surface area contributed by atoms with Gasteiger partial charge in [0.25, 0.3) is 5.69 Å². The minimum atomic E-state index is -0.575. The third-order valence-electron chi connectivity index (χ3n) is 3.92. The van der Waals surface area contributed by atoms with Crippen LogP contribution in [0.2, 0.25) is 0 Å². The fourth-order valence-corrected chi connectivity index (χ4v) is 2.83. The van der Waals surface area contributed by atoms with Crippen molar-refractivity contribution < 1.29 is 9.31 Å². The average Bonchev–Trinajstić information content (AvgIpc) is 2.46. The van der Waals surface area contributed by atoms with Gasteiger partial charge in [0, 0.05) is 12.6 Å². The molecule has 21 heavy (non-hydrogen) atoms. The molecule has 2 rings (SSSR count). The molecular weight excluding hydrogens is 273 g/mol. The first kappa shape index (κ1) is 15.7. The lowest BCUT2D eigenvalue weighted by Crippen LogP contribution is -2.41. The van der Waals surface area contributed by atoms with Crippen molar-refractivity contribution in [2.75, 3.05) is 24.5 Å². The van der Waals surface area contributed by atoms with E-state index in [-0.39, 0.29) is 11.7 Å². The van der Waals surface area contributed by atoms with Gasteiger partial charge < -0.3 is 10.2 Å². The van der Waals surface area contributed by atoms with Gasteiger partial charge in [0.05, 0.1) is 11.0 Å². The number of hydrogen-bond acceptors (Lipinski definition) is 4. The Morgan fingerprint density at radius 2 is 2.29 bits per heavy atom. The Bertz CT molecular complexity index is 502. The van der Waals surface area contributed by atoms with Gasteiger partial charge in [0.1, 0.15) is 11.5 Å². The molecule has 0 amide bonds. The van der Waals surface area contributed by atoms with E-state index in [1.807, 2.05) is 18.7 Å². The van der Waals surface area contributed by atoms with E-state index in [2.05, 4.69) is 5.32 Å². The van der Waals surface area contributed by atoms with Crippen molar-refractivity contribution >= 4 is 11.4 Å². The number of nitro groups is 1. The lowest BCUT2D eigenvalue weighted by molar-refractivity contribution is -0.384. The molecule has 1 aliphatic heterocycles. The fraction of sp³-hybridized carbons (Fsp3) is 0.600. The Labute approximate surface area is 124 Å². The number of nitrogens with one attached hydrogen (secondary N) is 1. The number of hydrogen-bond donors (Lipinski definition) is 1. The van der Waals surface area contributed by atoms with Gasteiger partial charge in [-0.25, -0.2) is 4.39 Å². The van der Waals surface area contributed by atoms with Crippen LogP contribution in [0.3, 0.4) is 0 Å². The summed E-state index contributed by atoms with van der Waals surface area (Å²) in [5, 5.41) is 14.5. The van der Waals surface area contributed by atoms with Crippen LogP contribution < -0.4 is 10.2 Å². The van der Waals surface area contributed by atoms with Crippen LogP contribution in [0.5, 0.6) is 0 Å². The first-order chi connectivity index (χ1) is 9.99. The molecule has 0 radical (unpaired) electrons. The first-order valence-electron chi connectivity index (χ1n) is 7.40. The molecule has 1 aromatic rings. The zero-order valence-corrected chi connectivity index (χ0v) is 12.5. The van der Waals surface area contributed by atoms with Crippen LogP contribution in [-0.2, 0) is 0 Å². The van der Waals surface area contributed by atoms with Gasteiger partial charge >= 0.3 is 0 Å². The number of anilines is 1. The molecule has 1 atom stereocenters. The van der Waals surface area contributed by atoms with Gasteiger partial charge in [-0.15, -0.1) is 0 Å². The Hall–Kier alpha value is -1.69. The molecule has 0 aliphatic carbocycles. The van der Waals surface area contributed by atoms with Crippen LogP contribution in [0.25, 0.3) is 0 Å². The second-order valence-corrected chi connectivity index (χ2v) is 5.85. The highest BCUT2D eigenvalue weighted by atomic mass is 19.1. The van der Waals surface area contributed by atoms with E-state index in [0.29, 0.717) is 11.6 Å². The SMILES string of the molecule is CC(C)N(CC1CCCNC1)c1ccc(F)cc1[N+](=O)[O-]. The van der Waals surface area contributed by atoms with E-state index in [9.17, 15) is 14.5 Å². The predicted molar refractivity (Wildman–Crippen MR) is 81.1 cm³/mol. The monoisotopic (exact) mass is 295 g/mol. The predicted octanol–water partition coefficient (Wildman–Crippen LogP) is 2.95. The number of piperidine rings is 1. The van der Waals surface area contributed by atoms with E-state index >= 15 is 0 Å². The highest BCUT2D eigenvalue weighted by molar-refractivity contribution is 5.63. The Balaban J connectivity index is 2.27. The highest BCUT2D eigenvalue weighted by Gasteiger charge is 2.25. The molecule has 0 aromatic heterocycles. The Kier molecular flexibility index (Phi) is 5.12. The van der Waals surface area contributed by atoms with Gasteiger partial charge in [0.15, 0.2) is 0 Å². The molecule has 1 aromatic carbocycles. The molecular formula is C15H22FN3O2. The molecule has 1 unspecified atom stereocenters. The minimum Gasteiger partial charge on any atom is -0.363 e. The third kappa shape index (κ3) is 3.91. The van der Waals surface area contributed by atoms with Crippen molar-refractivity contribution in [3.05, 3.63) is 34.1 Å². The van der Waals surface area contributed by atoms with Crippen molar-refractivity contribution in [1.82, 2.24) is 5.32 Å². The maximum absolute atomic E-state index is 13.3. The van der Waals surface area contributed by atoms with E-state index in [0.717, 1.165) is 38.5 Å². The second-order valence-electron chi connectivity index (χ2n) is 5.85. The summed E-state index contributed by atoms with van der Waals surface area (Å²) in [4.78, 5) is 12.7. The van der Waals surface area contributed by atoms with E-state index in [1.54, 1.807) is 0 Å². The molecule has 1 heterocycles. The number of rotatable bonds is 5. The van der Waals surface area contributed by atoms with Gasteiger partial charge in [-0.1, -0.05) is 0 Å². The van der Waals surface area contributed by atoms with E-state index in [1.165, 1.54) is 12.1 Å². The van der Waals surface area contributed by atoms with Gasteiger partial charge in [-0.3, -0.25) is 10.1 Å². The van der Waals surface area contributed by atoms with Crippen molar-refractivity contribution in [2.45, 2.75) is 32.7 Å². The molecule has 0 bridgehead atoms. The number of benzene rings is 1. The summed E-state index contributed by atoms with van der Waals surface area (Å²) in [6.07, 6.45) is 2.24. The number of nitro benzene ring substituents is 1. The first-order valence-corrected chi connectivity index (χ1v) is 7.40. The summed E-state index contributed by atoms with van der Waals surface area (Å²) in [6.45, 7) is 6.72. The smallest absolute Gasteiger partial charge is 0.295 e. The zero-order valence-electron chi connectivity index (χ0n) is 12.5. The largest absolute Gasteiger partial charge is 0.363 e. The van der Waals surface area contributed by atoms with Crippen LogP contribution in [0.1, 0.15) is 26.7 Å². The van der Waals surface area contributed by atoms with Crippen LogP contribution in [0, 0.1) is 21.8 Å². The minimum absolute atomic E-state index is 0.121. The zero-order chi connectivity index (χ0) is 15.4. The highest BCUT2D eigenvalue weighted by Crippen LogP contribution is 2.31. The van der Waals surface area contributed by atoms with E-state index in [4.69, 9.17) is 0 Å². The summed E-state index contributed by atoms with van der Waals surface area (Å²) < 4.78 is 13.3. The number of halogens is 1. The molecule has 5 nitrogen and oxygen atoms in total. The van der Waals surface area contributed by atoms with Gasteiger partial charge in [-0.05, 0) is 57.8 Å². The van der Waals surface area contributed by atoms with Crippen LogP contribution >= 0.6 is 0 Å². The molecule has 1 saturated heterocycles. The molecule has 0 saturated carbocycles. The molecule has 6 heteroatoms. The lowest BCUT2D eigenvalue weighted by atomic mass is 9.98. The molecule has 1 aliphatic rings. The summed E-state index contributed by atoms with van der Waals surface area (Å²) >= 11 is 0. The molecule has 116 valence electrons. The van der Waals surface area contributed by atoms with Crippen LogP contribution in [0.15, 0.2) is 18.2 Å². The van der Waals surface area contributed by atoms with Crippen molar-refractivity contribution in [3.63, 3.8) is 0 Å². The van der Waals surface area contributed by atoms with Crippen LogP contribution in [-0.4, -0.2) is 30.6 Å². The fourth-order valence-electron chi connectivity index (χ4n) is 2.83. The summed E-state index contributed by atoms with van der Waals surface area (Å²) in [6, 6.07) is 3.93. The normalized spacial score (nSPS) is 18.8. The van der Waals surface area contributed by atoms with Gasteiger partial charge in [-0.2, -0.15) is 0 Å². The number of nitrogens with zero attached hydrogens (tertiary/aromatic N) is 2. The standard InChI is InChI=1S/C15H22FN3O2/c1-11(2)18(10-12-4-3-7-17-9-12)14-6-5-13(16)8-15(14)19(20)21/h5-6,8,11-12,17H,3-4,7,9-10H2,1-2H3. The van der Waals surface area contributed by atoms with Gasteiger partial charge in [0.2, 0.25) is 0 Å². The second kappa shape index (κ2) is 6.85. The quantitative estimate of drug-likeness (QED) is 0.670.